The van der Waals surface area contributed by atoms with Gasteiger partial charge in [0.15, 0.2) is 12.4 Å². The summed E-state index contributed by atoms with van der Waals surface area (Å²) in [6, 6.07) is 0. The van der Waals surface area contributed by atoms with E-state index in [9.17, 15) is 22.0 Å². The molecule has 1 heterocycles. The van der Waals surface area contributed by atoms with Crippen LogP contribution in [-0.2, 0) is 0 Å². The Morgan fingerprint density at radius 1 is 1.25 bits per heavy atom. The van der Waals surface area contributed by atoms with E-state index in [4.69, 9.17) is 5.84 Å². The number of anilines is 1. The molecule has 5 nitrogen and oxygen atoms in total. The quantitative estimate of drug-likeness (QED) is 0.496. The second-order valence-electron chi connectivity index (χ2n) is 4.23. The van der Waals surface area contributed by atoms with Crippen molar-refractivity contribution in [2.45, 2.75) is 31.9 Å². The summed E-state index contributed by atoms with van der Waals surface area (Å²) in [6.07, 6.45) is -4.74. The van der Waals surface area contributed by atoms with Gasteiger partial charge in [-0.05, 0) is 5.92 Å². The van der Waals surface area contributed by atoms with Gasteiger partial charge in [-0.25, -0.2) is 15.8 Å². The maximum absolute atomic E-state index is 12.8. The van der Waals surface area contributed by atoms with Gasteiger partial charge in [0.1, 0.15) is 6.33 Å². The number of nitrogens with one attached hydrogen (secondary N) is 1. The Morgan fingerprint density at radius 2 is 1.85 bits per heavy atom. The van der Waals surface area contributed by atoms with Gasteiger partial charge in [-0.1, -0.05) is 13.8 Å². The number of hydrogen-bond acceptors (Lipinski definition) is 5. The van der Waals surface area contributed by atoms with E-state index >= 15 is 0 Å². The summed E-state index contributed by atoms with van der Waals surface area (Å²) in [6.45, 7) is 1.46. The normalized spacial score (nSPS) is 12.7. The molecule has 10 heteroatoms. The molecular formula is C10H13F5N4O. The van der Waals surface area contributed by atoms with Crippen molar-refractivity contribution < 1.29 is 26.7 Å². The van der Waals surface area contributed by atoms with Crippen LogP contribution < -0.4 is 16.0 Å². The summed E-state index contributed by atoms with van der Waals surface area (Å²) in [5.41, 5.74) is 2.42. The highest BCUT2D eigenvalue weighted by molar-refractivity contribution is 5.49. The molecule has 20 heavy (non-hydrogen) atoms. The van der Waals surface area contributed by atoms with E-state index in [-0.39, 0.29) is 23.2 Å². The average Bonchev–Trinajstić information content (AvgIpc) is 2.34. The molecule has 0 saturated heterocycles. The molecular weight excluding hydrogens is 287 g/mol. The molecule has 0 spiro atoms. The lowest BCUT2D eigenvalue weighted by atomic mass is 10.1. The van der Waals surface area contributed by atoms with Crippen LogP contribution in [0.15, 0.2) is 6.33 Å². The predicted octanol–water partition coefficient (Wildman–Crippen LogP) is 2.46. The molecule has 0 radical (unpaired) electrons. The van der Waals surface area contributed by atoms with Crippen molar-refractivity contribution in [2.75, 3.05) is 12.0 Å². The Bertz CT molecular complexity index is 463. The first-order chi connectivity index (χ1) is 9.10. The first-order valence-corrected chi connectivity index (χ1v) is 5.49. The third-order valence-corrected chi connectivity index (χ3v) is 2.37. The molecule has 114 valence electrons. The molecule has 1 aromatic rings. The third kappa shape index (κ3) is 3.44. The van der Waals surface area contributed by atoms with Gasteiger partial charge in [-0.15, -0.1) is 0 Å². The second-order valence-corrected chi connectivity index (χ2v) is 4.23. The fourth-order valence-corrected chi connectivity index (χ4v) is 1.37. The number of nitrogens with two attached hydrogens (primary N) is 1. The van der Waals surface area contributed by atoms with E-state index in [1.54, 1.807) is 13.8 Å². The van der Waals surface area contributed by atoms with Gasteiger partial charge >= 0.3 is 12.1 Å². The van der Waals surface area contributed by atoms with E-state index in [1.165, 1.54) is 0 Å². The number of aromatic nitrogens is 2. The highest BCUT2D eigenvalue weighted by Gasteiger charge is 2.58. The van der Waals surface area contributed by atoms with E-state index in [2.05, 4.69) is 20.1 Å². The van der Waals surface area contributed by atoms with Gasteiger partial charge in [0.05, 0.1) is 5.56 Å². The average molecular weight is 300 g/mol. The smallest absolute Gasteiger partial charge is 0.456 e. The van der Waals surface area contributed by atoms with Crippen LogP contribution in [0.1, 0.15) is 25.3 Å². The van der Waals surface area contributed by atoms with Gasteiger partial charge in [0.2, 0.25) is 5.88 Å². The molecule has 0 amide bonds. The Kier molecular flexibility index (Phi) is 4.69. The van der Waals surface area contributed by atoms with Crippen molar-refractivity contribution in [1.82, 2.24) is 9.97 Å². The number of hydrogen-bond donors (Lipinski definition) is 2. The summed E-state index contributed by atoms with van der Waals surface area (Å²) >= 11 is 0. The molecule has 0 fully saturated rings. The van der Waals surface area contributed by atoms with Crippen molar-refractivity contribution >= 4 is 5.82 Å². The zero-order valence-electron chi connectivity index (χ0n) is 10.6. The molecule has 0 aliphatic heterocycles. The first kappa shape index (κ1) is 16.3. The van der Waals surface area contributed by atoms with Gasteiger partial charge < -0.3 is 10.2 Å². The number of alkyl halides is 5. The number of halogens is 5. The van der Waals surface area contributed by atoms with Crippen LogP contribution in [0.25, 0.3) is 0 Å². The highest BCUT2D eigenvalue weighted by Crippen LogP contribution is 2.37. The molecule has 3 N–H and O–H groups in total. The van der Waals surface area contributed by atoms with Crippen molar-refractivity contribution in [3.05, 3.63) is 11.9 Å². The van der Waals surface area contributed by atoms with Gasteiger partial charge in [0, 0.05) is 0 Å². The van der Waals surface area contributed by atoms with Gasteiger partial charge in [-0.3, -0.25) is 0 Å². The molecule has 0 bridgehead atoms. The lowest BCUT2D eigenvalue weighted by Gasteiger charge is -2.21. The molecule has 0 aliphatic rings. The molecule has 0 aliphatic carbocycles. The van der Waals surface area contributed by atoms with E-state index < -0.39 is 18.7 Å². The number of nitrogen functional groups attached to an aromatic ring is 1. The Hall–Kier alpha value is -1.71. The first-order valence-electron chi connectivity index (χ1n) is 5.49. The predicted molar refractivity (Wildman–Crippen MR) is 60.4 cm³/mol. The number of nitrogens with zero attached hydrogens (tertiary/aromatic N) is 2. The van der Waals surface area contributed by atoms with Crippen LogP contribution in [0.3, 0.4) is 0 Å². The van der Waals surface area contributed by atoms with E-state index in [1.807, 2.05) is 0 Å². The van der Waals surface area contributed by atoms with Crippen LogP contribution in [-0.4, -0.2) is 28.7 Å². The topological polar surface area (TPSA) is 73.1 Å². The van der Waals surface area contributed by atoms with Crippen molar-refractivity contribution in [3.63, 3.8) is 0 Å². The zero-order chi connectivity index (χ0) is 15.6. The monoisotopic (exact) mass is 300 g/mol. The molecule has 1 rings (SSSR count). The minimum Gasteiger partial charge on any atom is -0.471 e. The maximum Gasteiger partial charge on any atom is 0.456 e. The minimum atomic E-state index is -5.69. The van der Waals surface area contributed by atoms with Crippen LogP contribution in [0, 0.1) is 0 Å². The lowest BCUT2D eigenvalue weighted by Crippen LogP contribution is -2.42. The zero-order valence-corrected chi connectivity index (χ0v) is 10.6. The van der Waals surface area contributed by atoms with Crippen molar-refractivity contribution in [1.29, 1.82) is 0 Å². The number of hydrazine groups is 1. The Balaban J connectivity index is 2.99. The summed E-state index contributed by atoms with van der Waals surface area (Å²) < 4.78 is 66.2. The van der Waals surface area contributed by atoms with Gasteiger partial charge in [0.25, 0.3) is 0 Å². The molecule has 1 aromatic heterocycles. The SMILES string of the molecule is CC(C)c1c(NN)ncnc1OCC(F)(F)C(F)(F)F. The van der Waals surface area contributed by atoms with Crippen LogP contribution in [0.2, 0.25) is 0 Å². The number of ether oxygens (including phenoxy) is 1. The minimum absolute atomic E-state index is 0.0975. The summed E-state index contributed by atoms with van der Waals surface area (Å²) in [4.78, 5) is 7.30. The third-order valence-electron chi connectivity index (χ3n) is 2.37. The van der Waals surface area contributed by atoms with Crippen LogP contribution >= 0.6 is 0 Å². The number of rotatable bonds is 5. The van der Waals surface area contributed by atoms with Crippen LogP contribution in [0.5, 0.6) is 5.88 Å². The van der Waals surface area contributed by atoms with Crippen molar-refractivity contribution in [3.8, 4) is 5.88 Å². The lowest BCUT2D eigenvalue weighted by molar-refractivity contribution is -0.290. The van der Waals surface area contributed by atoms with Gasteiger partial charge in [-0.2, -0.15) is 22.0 Å². The Labute approximate surface area is 111 Å². The fourth-order valence-electron chi connectivity index (χ4n) is 1.37. The van der Waals surface area contributed by atoms with E-state index in [0.717, 1.165) is 6.33 Å². The Morgan fingerprint density at radius 3 is 2.30 bits per heavy atom. The largest absolute Gasteiger partial charge is 0.471 e. The maximum atomic E-state index is 12.8. The molecule has 0 atom stereocenters. The standard InChI is InChI=1S/C10H13F5N4O/c1-5(2)6-7(19-16)17-4-18-8(6)20-3-9(11,12)10(13,14)15/h4-5H,3,16H2,1-2H3,(H,17,18,19). The summed E-state index contributed by atoms with van der Waals surface area (Å²) in [5, 5.41) is 0. The van der Waals surface area contributed by atoms with Crippen LogP contribution in [0.4, 0.5) is 27.8 Å². The van der Waals surface area contributed by atoms with Crippen molar-refractivity contribution in [2.24, 2.45) is 5.84 Å². The fraction of sp³-hybridized carbons (Fsp3) is 0.600. The second kappa shape index (κ2) is 5.73. The highest BCUT2D eigenvalue weighted by atomic mass is 19.4. The summed E-state index contributed by atoms with van der Waals surface area (Å²) in [7, 11) is 0. The molecule has 0 saturated carbocycles. The van der Waals surface area contributed by atoms with E-state index in [0.29, 0.717) is 0 Å². The molecule has 0 aromatic carbocycles. The molecule has 0 unspecified atom stereocenters. The summed E-state index contributed by atoms with van der Waals surface area (Å²) in [5.74, 6) is -0.351.